The van der Waals surface area contributed by atoms with Gasteiger partial charge >= 0.3 is 6.03 Å². The Morgan fingerprint density at radius 3 is 2.72 bits per heavy atom. The van der Waals surface area contributed by atoms with Crippen LogP contribution in [0.1, 0.15) is 49.5 Å². The zero-order chi connectivity index (χ0) is 17.5. The lowest BCUT2D eigenvalue weighted by atomic mass is 9.97. The molecule has 1 saturated heterocycles. The van der Waals surface area contributed by atoms with Crippen molar-refractivity contribution in [2.24, 2.45) is 0 Å². The molecule has 2 amide bonds. The minimum atomic E-state index is -0.123. The van der Waals surface area contributed by atoms with Gasteiger partial charge in [-0.3, -0.25) is 4.98 Å². The van der Waals surface area contributed by atoms with Crippen molar-refractivity contribution in [1.29, 1.82) is 0 Å². The van der Waals surface area contributed by atoms with Gasteiger partial charge in [-0.2, -0.15) is 0 Å². The van der Waals surface area contributed by atoms with Gasteiger partial charge in [0, 0.05) is 25.0 Å². The van der Waals surface area contributed by atoms with E-state index in [2.05, 4.69) is 34.7 Å². The van der Waals surface area contributed by atoms with Gasteiger partial charge in [0.25, 0.3) is 0 Å². The zero-order valence-corrected chi connectivity index (χ0v) is 14.5. The fourth-order valence-electron chi connectivity index (χ4n) is 3.23. The smallest absolute Gasteiger partial charge is 0.315 e. The maximum Gasteiger partial charge on any atom is 0.315 e. The molecule has 3 atom stereocenters. The number of benzene rings is 1. The van der Waals surface area contributed by atoms with Gasteiger partial charge in [-0.05, 0) is 42.5 Å². The summed E-state index contributed by atoms with van der Waals surface area (Å²) < 4.78 is 5.87. The number of nitrogens with zero attached hydrogens (tertiary/aromatic N) is 1. The SMILES string of the molecule is CC[C@H](NC(=O)N[C@H]1CCO[C@H](c2ccccc2)C1)c1ccncc1. The van der Waals surface area contributed by atoms with Crippen molar-refractivity contribution in [3.8, 4) is 0 Å². The highest BCUT2D eigenvalue weighted by Crippen LogP contribution is 2.28. The van der Waals surface area contributed by atoms with Crippen LogP contribution in [-0.2, 0) is 4.74 Å². The Bertz CT molecular complexity index is 663. The van der Waals surface area contributed by atoms with E-state index in [0.717, 1.165) is 30.4 Å². The van der Waals surface area contributed by atoms with E-state index in [1.54, 1.807) is 12.4 Å². The van der Waals surface area contributed by atoms with Crippen LogP contribution in [0, 0.1) is 0 Å². The predicted octanol–water partition coefficient (Wildman–Crippen LogP) is 3.75. The average Bonchev–Trinajstić information content (AvgIpc) is 2.68. The Morgan fingerprint density at radius 1 is 1.24 bits per heavy atom. The number of carbonyl (C=O) groups is 1. The molecule has 2 aromatic rings. The van der Waals surface area contributed by atoms with Crippen molar-refractivity contribution in [3.63, 3.8) is 0 Å². The van der Waals surface area contributed by atoms with Gasteiger partial charge < -0.3 is 15.4 Å². The highest BCUT2D eigenvalue weighted by Gasteiger charge is 2.25. The van der Waals surface area contributed by atoms with Crippen LogP contribution in [0.4, 0.5) is 4.79 Å². The molecule has 5 nitrogen and oxygen atoms in total. The first kappa shape index (κ1) is 17.4. The number of rotatable bonds is 5. The molecule has 1 aromatic carbocycles. The molecule has 0 spiro atoms. The van der Waals surface area contributed by atoms with Crippen LogP contribution in [0.3, 0.4) is 0 Å². The minimum absolute atomic E-state index is 0.00670. The van der Waals surface area contributed by atoms with Gasteiger partial charge in [0.2, 0.25) is 0 Å². The van der Waals surface area contributed by atoms with Crippen molar-refractivity contribution in [3.05, 3.63) is 66.0 Å². The number of amides is 2. The molecule has 1 aliphatic heterocycles. The van der Waals surface area contributed by atoms with Crippen molar-refractivity contribution in [1.82, 2.24) is 15.6 Å². The monoisotopic (exact) mass is 339 g/mol. The summed E-state index contributed by atoms with van der Waals surface area (Å²) in [6, 6.07) is 14.0. The van der Waals surface area contributed by atoms with E-state index >= 15 is 0 Å². The molecule has 2 heterocycles. The number of nitrogens with one attached hydrogen (secondary N) is 2. The summed E-state index contributed by atoms with van der Waals surface area (Å²) in [4.78, 5) is 16.4. The molecular weight excluding hydrogens is 314 g/mol. The Kier molecular flexibility index (Phi) is 6.01. The second kappa shape index (κ2) is 8.62. The van der Waals surface area contributed by atoms with Crippen LogP contribution in [0.15, 0.2) is 54.9 Å². The number of pyridine rings is 1. The molecule has 2 N–H and O–H groups in total. The minimum Gasteiger partial charge on any atom is -0.373 e. The second-order valence-electron chi connectivity index (χ2n) is 6.35. The van der Waals surface area contributed by atoms with Crippen LogP contribution in [-0.4, -0.2) is 23.7 Å². The molecule has 0 bridgehead atoms. The molecule has 1 aromatic heterocycles. The predicted molar refractivity (Wildman–Crippen MR) is 97.1 cm³/mol. The number of hydrogen-bond donors (Lipinski definition) is 2. The normalized spacial score (nSPS) is 21.3. The quantitative estimate of drug-likeness (QED) is 0.872. The van der Waals surface area contributed by atoms with Crippen LogP contribution >= 0.6 is 0 Å². The van der Waals surface area contributed by atoms with Gasteiger partial charge in [-0.15, -0.1) is 0 Å². The van der Waals surface area contributed by atoms with E-state index in [4.69, 9.17) is 4.74 Å². The fourth-order valence-corrected chi connectivity index (χ4v) is 3.23. The van der Waals surface area contributed by atoms with E-state index in [-0.39, 0.29) is 24.2 Å². The molecule has 0 unspecified atom stereocenters. The lowest BCUT2D eigenvalue weighted by molar-refractivity contribution is 0.00221. The zero-order valence-electron chi connectivity index (χ0n) is 14.5. The van der Waals surface area contributed by atoms with Gasteiger partial charge in [-0.1, -0.05) is 37.3 Å². The molecule has 1 aliphatic rings. The number of carbonyl (C=O) groups excluding carboxylic acids is 1. The number of urea groups is 1. The van der Waals surface area contributed by atoms with Crippen LogP contribution in [0.25, 0.3) is 0 Å². The fraction of sp³-hybridized carbons (Fsp3) is 0.400. The van der Waals surface area contributed by atoms with Crippen LogP contribution < -0.4 is 10.6 Å². The second-order valence-corrected chi connectivity index (χ2v) is 6.35. The summed E-state index contributed by atoms with van der Waals surface area (Å²) in [5, 5.41) is 6.17. The van der Waals surface area contributed by atoms with Gasteiger partial charge in [0.05, 0.1) is 12.1 Å². The first-order valence-electron chi connectivity index (χ1n) is 8.89. The maximum atomic E-state index is 12.4. The maximum absolute atomic E-state index is 12.4. The molecule has 0 aliphatic carbocycles. The molecule has 132 valence electrons. The largest absolute Gasteiger partial charge is 0.373 e. The highest BCUT2D eigenvalue weighted by atomic mass is 16.5. The third-order valence-corrected chi connectivity index (χ3v) is 4.61. The third kappa shape index (κ3) is 4.79. The molecule has 3 rings (SSSR count). The van der Waals surface area contributed by atoms with E-state index in [9.17, 15) is 4.79 Å². The van der Waals surface area contributed by atoms with E-state index in [1.165, 1.54) is 0 Å². The number of aromatic nitrogens is 1. The van der Waals surface area contributed by atoms with Gasteiger partial charge in [0.15, 0.2) is 0 Å². The third-order valence-electron chi connectivity index (χ3n) is 4.61. The Labute approximate surface area is 148 Å². The Morgan fingerprint density at radius 2 is 2.00 bits per heavy atom. The summed E-state index contributed by atoms with van der Waals surface area (Å²) in [5.41, 5.74) is 2.24. The standard InChI is InChI=1S/C20H25N3O2/c1-2-18(15-8-11-21-12-9-15)23-20(24)22-17-10-13-25-19(14-17)16-6-4-3-5-7-16/h3-9,11-12,17-19H,2,10,13-14H2,1H3,(H2,22,23,24)/t17-,18-,19-/m0/s1. The van der Waals surface area contributed by atoms with Crippen LogP contribution in [0.5, 0.6) is 0 Å². The van der Waals surface area contributed by atoms with E-state index < -0.39 is 0 Å². The van der Waals surface area contributed by atoms with Gasteiger partial charge in [0.1, 0.15) is 0 Å². The first-order valence-corrected chi connectivity index (χ1v) is 8.89. The number of hydrogen-bond acceptors (Lipinski definition) is 3. The average molecular weight is 339 g/mol. The number of ether oxygens (including phenoxy) is 1. The molecule has 1 fully saturated rings. The van der Waals surface area contributed by atoms with Crippen LogP contribution in [0.2, 0.25) is 0 Å². The van der Waals surface area contributed by atoms with Gasteiger partial charge in [-0.25, -0.2) is 4.79 Å². The Hall–Kier alpha value is -2.40. The van der Waals surface area contributed by atoms with E-state index in [0.29, 0.717) is 6.61 Å². The molecular formula is C20H25N3O2. The van der Waals surface area contributed by atoms with Crippen molar-refractivity contribution >= 4 is 6.03 Å². The topological polar surface area (TPSA) is 63.2 Å². The molecule has 25 heavy (non-hydrogen) atoms. The lowest BCUT2D eigenvalue weighted by Crippen LogP contribution is -2.45. The molecule has 0 saturated carbocycles. The van der Waals surface area contributed by atoms with E-state index in [1.807, 2.05) is 30.3 Å². The summed E-state index contributed by atoms with van der Waals surface area (Å²) in [6.07, 6.45) is 6.01. The van der Waals surface area contributed by atoms with Crippen molar-refractivity contribution < 1.29 is 9.53 Å². The molecule has 0 radical (unpaired) electrons. The first-order chi connectivity index (χ1) is 12.3. The molecule has 5 heteroatoms. The van der Waals surface area contributed by atoms with Crippen molar-refractivity contribution in [2.45, 2.75) is 44.4 Å². The summed E-state index contributed by atoms with van der Waals surface area (Å²) in [7, 11) is 0. The summed E-state index contributed by atoms with van der Waals surface area (Å²) in [6.45, 7) is 2.72. The summed E-state index contributed by atoms with van der Waals surface area (Å²) in [5.74, 6) is 0. The summed E-state index contributed by atoms with van der Waals surface area (Å²) >= 11 is 0. The Balaban J connectivity index is 1.55. The van der Waals surface area contributed by atoms with Crippen molar-refractivity contribution in [2.75, 3.05) is 6.61 Å². The lowest BCUT2D eigenvalue weighted by Gasteiger charge is -2.31. The highest BCUT2D eigenvalue weighted by molar-refractivity contribution is 5.74.